The molecule has 3 heterocycles. The number of piperidine rings is 1. The maximum atomic E-state index is 5.48. The van der Waals surface area contributed by atoms with Crippen molar-refractivity contribution in [2.45, 2.75) is 44.6 Å². The van der Waals surface area contributed by atoms with E-state index in [1.54, 1.807) is 0 Å². The fourth-order valence-corrected chi connectivity index (χ4v) is 2.86. The molecule has 0 radical (unpaired) electrons. The van der Waals surface area contributed by atoms with Crippen LogP contribution in [0.1, 0.15) is 56.3 Å². The van der Waals surface area contributed by atoms with Gasteiger partial charge in [-0.3, -0.25) is 0 Å². The maximum absolute atomic E-state index is 5.48. The molecule has 3 unspecified atom stereocenters. The van der Waals surface area contributed by atoms with Crippen LogP contribution in [0.3, 0.4) is 0 Å². The molecule has 100 valence electrons. The Morgan fingerprint density at radius 3 is 3.00 bits per heavy atom. The smallest absolute Gasteiger partial charge is 0.244 e. The van der Waals surface area contributed by atoms with Crippen molar-refractivity contribution in [1.29, 1.82) is 0 Å². The summed E-state index contributed by atoms with van der Waals surface area (Å²) >= 11 is 0. The molecule has 2 aliphatic heterocycles. The summed E-state index contributed by atoms with van der Waals surface area (Å²) < 4.78 is 10.9. The van der Waals surface area contributed by atoms with Gasteiger partial charge in [0, 0.05) is 12.5 Å². The molecule has 0 aromatic carbocycles. The fraction of sp³-hybridized carbons (Fsp3) is 0.846. The quantitative estimate of drug-likeness (QED) is 0.871. The first-order valence-corrected chi connectivity index (χ1v) is 6.99. The number of nitrogens with one attached hydrogen (secondary N) is 1. The first-order valence-electron chi connectivity index (χ1n) is 6.99. The van der Waals surface area contributed by atoms with E-state index in [2.05, 4.69) is 22.4 Å². The third-order valence-corrected chi connectivity index (χ3v) is 4.02. The van der Waals surface area contributed by atoms with E-state index >= 15 is 0 Å². The minimum atomic E-state index is 0.226. The first kappa shape index (κ1) is 12.1. The summed E-state index contributed by atoms with van der Waals surface area (Å²) in [5.74, 6) is 2.46. The molecule has 5 heteroatoms. The van der Waals surface area contributed by atoms with Crippen molar-refractivity contribution in [2.75, 3.05) is 19.8 Å². The van der Waals surface area contributed by atoms with Gasteiger partial charge < -0.3 is 14.6 Å². The van der Waals surface area contributed by atoms with Gasteiger partial charge in [-0.05, 0) is 38.1 Å². The van der Waals surface area contributed by atoms with Crippen LogP contribution in [-0.2, 0) is 4.74 Å². The van der Waals surface area contributed by atoms with Gasteiger partial charge in [-0.15, -0.1) is 0 Å². The number of aromatic nitrogens is 2. The molecule has 5 nitrogen and oxygen atoms in total. The Bertz CT molecular complexity index is 387. The summed E-state index contributed by atoms with van der Waals surface area (Å²) in [5, 5.41) is 7.62. The molecule has 18 heavy (non-hydrogen) atoms. The maximum Gasteiger partial charge on any atom is 0.244 e. The van der Waals surface area contributed by atoms with Crippen molar-refractivity contribution >= 4 is 0 Å². The lowest BCUT2D eigenvalue weighted by molar-refractivity contribution is 0.0773. The molecular formula is C13H21N3O2. The Hall–Kier alpha value is -0.940. The highest BCUT2D eigenvalue weighted by Gasteiger charge is 2.29. The van der Waals surface area contributed by atoms with E-state index in [9.17, 15) is 0 Å². The lowest BCUT2D eigenvalue weighted by atomic mass is 9.93. The minimum absolute atomic E-state index is 0.226. The lowest BCUT2D eigenvalue weighted by Crippen LogP contribution is -2.33. The van der Waals surface area contributed by atoms with E-state index in [4.69, 9.17) is 9.26 Å². The van der Waals surface area contributed by atoms with Crippen molar-refractivity contribution < 1.29 is 9.26 Å². The summed E-state index contributed by atoms with van der Waals surface area (Å²) in [5.41, 5.74) is 0. The van der Waals surface area contributed by atoms with Crippen molar-refractivity contribution in [3.63, 3.8) is 0 Å². The standard InChI is InChI=1S/C13H21N3O2/c1-9-4-2-6-14-11(9)13-15-12(16-18-13)10-5-3-7-17-8-10/h9-11,14H,2-8H2,1H3. The molecule has 0 aliphatic carbocycles. The van der Waals surface area contributed by atoms with E-state index < -0.39 is 0 Å². The molecule has 0 spiro atoms. The van der Waals surface area contributed by atoms with Crippen LogP contribution in [0.15, 0.2) is 4.52 Å². The van der Waals surface area contributed by atoms with E-state index in [0.29, 0.717) is 11.8 Å². The topological polar surface area (TPSA) is 60.2 Å². The molecule has 0 bridgehead atoms. The normalized spacial score (nSPS) is 33.5. The minimum Gasteiger partial charge on any atom is -0.381 e. The third-order valence-electron chi connectivity index (χ3n) is 4.02. The average Bonchev–Trinajstić information content (AvgIpc) is 2.90. The monoisotopic (exact) mass is 251 g/mol. The molecule has 1 aromatic rings. The number of hydrogen-bond acceptors (Lipinski definition) is 5. The molecule has 3 rings (SSSR count). The van der Waals surface area contributed by atoms with Gasteiger partial charge in [-0.25, -0.2) is 0 Å². The fourth-order valence-electron chi connectivity index (χ4n) is 2.86. The second-order valence-electron chi connectivity index (χ2n) is 5.46. The highest BCUT2D eigenvalue weighted by molar-refractivity contribution is 5.01. The van der Waals surface area contributed by atoms with Gasteiger partial charge in [-0.2, -0.15) is 4.98 Å². The number of nitrogens with zero attached hydrogens (tertiary/aromatic N) is 2. The predicted octanol–water partition coefficient (Wildman–Crippen LogP) is 2.02. The van der Waals surface area contributed by atoms with Gasteiger partial charge in [0.1, 0.15) is 0 Å². The van der Waals surface area contributed by atoms with Crippen LogP contribution in [0.4, 0.5) is 0 Å². The van der Waals surface area contributed by atoms with E-state index in [1.165, 1.54) is 12.8 Å². The lowest BCUT2D eigenvalue weighted by Gasteiger charge is -2.26. The number of ether oxygens (including phenoxy) is 1. The Kier molecular flexibility index (Phi) is 3.61. The van der Waals surface area contributed by atoms with Crippen LogP contribution < -0.4 is 5.32 Å². The number of rotatable bonds is 2. The van der Waals surface area contributed by atoms with Crippen LogP contribution in [-0.4, -0.2) is 29.9 Å². The highest BCUT2D eigenvalue weighted by Crippen LogP contribution is 2.29. The zero-order valence-corrected chi connectivity index (χ0v) is 10.9. The Morgan fingerprint density at radius 1 is 1.28 bits per heavy atom. The Morgan fingerprint density at radius 2 is 2.22 bits per heavy atom. The molecule has 1 aromatic heterocycles. The van der Waals surface area contributed by atoms with Gasteiger partial charge in [0.05, 0.1) is 12.6 Å². The molecule has 0 amide bonds. The van der Waals surface area contributed by atoms with Gasteiger partial charge in [0.2, 0.25) is 5.89 Å². The van der Waals surface area contributed by atoms with E-state index in [0.717, 1.165) is 44.3 Å². The second kappa shape index (κ2) is 5.36. The molecule has 2 saturated heterocycles. The van der Waals surface area contributed by atoms with Gasteiger partial charge in [0.25, 0.3) is 0 Å². The zero-order valence-electron chi connectivity index (χ0n) is 10.9. The first-order chi connectivity index (χ1) is 8.84. The van der Waals surface area contributed by atoms with E-state index in [-0.39, 0.29) is 6.04 Å². The van der Waals surface area contributed by atoms with Crippen LogP contribution >= 0.6 is 0 Å². The van der Waals surface area contributed by atoms with Crippen molar-refractivity contribution in [3.05, 3.63) is 11.7 Å². The third kappa shape index (κ3) is 2.42. The van der Waals surface area contributed by atoms with Gasteiger partial charge in [0.15, 0.2) is 5.82 Å². The van der Waals surface area contributed by atoms with Crippen LogP contribution in [0.2, 0.25) is 0 Å². The SMILES string of the molecule is CC1CCCNC1c1nc(C2CCCOC2)no1. The second-order valence-corrected chi connectivity index (χ2v) is 5.46. The van der Waals surface area contributed by atoms with Gasteiger partial charge in [-0.1, -0.05) is 12.1 Å². The van der Waals surface area contributed by atoms with Crippen molar-refractivity contribution in [1.82, 2.24) is 15.5 Å². The summed E-state index contributed by atoms with van der Waals surface area (Å²) in [6.45, 7) is 4.87. The van der Waals surface area contributed by atoms with Crippen molar-refractivity contribution in [3.8, 4) is 0 Å². The summed E-state index contributed by atoms with van der Waals surface area (Å²) in [7, 11) is 0. The molecule has 0 saturated carbocycles. The predicted molar refractivity (Wildman–Crippen MR) is 66.2 cm³/mol. The zero-order chi connectivity index (χ0) is 12.4. The van der Waals surface area contributed by atoms with E-state index in [1.807, 2.05) is 0 Å². The molecule has 1 N–H and O–H groups in total. The molecule has 2 fully saturated rings. The average molecular weight is 251 g/mol. The highest BCUT2D eigenvalue weighted by atomic mass is 16.5. The molecule has 3 atom stereocenters. The summed E-state index contributed by atoms with van der Waals surface area (Å²) in [6, 6.07) is 0.226. The van der Waals surface area contributed by atoms with Crippen LogP contribution in [0.5, 0.6) is 0 Å². The Labute approximate surface area is 107 Å². The summed E-state index contributed by atoms with van der Waals surface area (Å²) in [4.78, 5) is 4.59. The number of hydrogen-bond donors (Lipinski definition) is 1. The van der Waals surface area contributed by atoms with Crippen molar-refractivity contribution in [2.24, 2.45) is 5.92 Å². The molecule has 2 aliphatic rings. The Balaban J connectivity index is 1.71. The van der Waals surface area contributed by atoms with Crippen LogP contribution in [0.25, 0.3) is 0 Å². The van der Waals surface area contributed by atoms with Gasteiger partial charge >= 0.3 is 0 Å². The largest absolute Gasteiger partial charge is 0.381 e. The summed E-state index contributed by atoms with van der Waals surface area (Å²) in [6.07, 6.45) is 4.65. The van der Waals surface area contributed by atoms with Crippen LogP contribution in [0, 0.1) is 5.92 Å². The molecular weight excluding hydrogens is 230 g/mol.